The summed E-state index contributed by atoms with van der Waals surface area (Å²) in [6, 6.07) is 10.6. The Labute approximate surface area is 110 Å². The van der Waals surface area contributed by atoms with Gasteiger partial charge < -0.3 is 10.6 Å². The van der Waals surface area contributed by atoms with E-state index in [0.29, 0.717) is 5.92 Å². The summed E-state index contributed by atoms with van der Waals surface area (Å²) in [5, 5.41) is 6.45. The lowest BCUT2D eigenvalue weighted by atomic mass is 9.98. The normalized spacial score (nSPS) is 12.9. The fourth-order valence-corrected chi connectivity index (χ4v) is 1.74. The van der Waals surface area contributed by atoms with Crippen molar-refractivity contribution in [3.63, 3.8) is 0 Å². The van der Waals surface area contributed by atoms with Crippen molar-refractivity contribution in [2.45, 2.75) is 19.3 Å². The summed E-state index contributed by atoms with van der Waals surface area (Å²) in [6.45, 7) is 7.56. The van der Waals surface area contributed by atoms with E-state index in [4.69, 9.17) is 0 Å². The van der Waals surface area contributed by atoms with Crippen molar-refractivity contribution in [1.29, 1.82) is 0 Å². The summed E-state index contributed by atoms with van der Waals surface area (Å²) in [4.78, 5) is 4.14. The number of guanidine groups is 1. The Morgan fingerprint density at radius 2 is 2.06 bits per heavy atom. The summed E-state index contributed by atoms with van der Waals surface area (Å²) in [5.74, 6) is 1.38. The van der Waals surface area contributed by atoms with Crippen LogP contribution >= 0.6 is 0 Å². The van der Waals surface area contributed by atoms with Crippen molar-refractivity contribution >= 4 is 5.96 Å². The number of benzene rings is 1. The second-order valence-electron chi connectivity index (χ2n) is 4.27. The third-order valence-corrected chi connectivity index (χ3v) is 2.88. The van der Waals surface area contributed by atoms with Crippen LogP contribution in [0, 0.1) is 0 Å². The molecule has 0 bridgehead atoms. The standard InChI is InChI=1S/C15H23N3/c1-4-11-17-15(16-3)18-12-10-13(2)14-8-6-5-7-9-14/h4-9,13H,1,10-12H2,2-3H3,(H2,16,17,18). The fourth-order valence-electron chi connectivity index (χ4n) is 1.74. The van der Waals surface area contributed by atoms with Crippen molar-refractivity contribution in [2.75, 3.05) is 20.1 Å². The smallest absolute Gasteiger partial charge is 0.191 e. The van der Waals surface area contributed by atoms with Gasteiger partial charge in [0.1, 0.15) is 0 Å². The Bertz CT molecular complexity index is 371. The van der Waals surface area contributed by atoms with Crippen LogP contribution in [0.25, 0.3) is 0 Å². The van der Waals surface area contributed by atoms with E-state index in [-0.39, 0.29) is 0 Å². The molecule has 1 aromatic carbocycles. The molecule has 3 nitrogen and oxygen atoms in total. The Morgan fingerprint density at radius 3 is 2.67 bits per heavy atom. The lowest BCUT2D eigenvalue weighted by molar-refractivity contribution is 0.654. The molecule has 0 aliphatic heterocycles. The molecule has 0 saturated carbocycles. The number of nitrogens with one attached hydrogen (secondary N) is 2. The third-order valence-electron chi connectivity index (χ3n) is 2.88. The minimum absolute atomic E-state index is 0.552. The maximum atomic E-state index is 4.14. The van der Waals surface area contributed by atoms with Crippen LogP contribution in [0.4, 0.5) is 0 Å². The van der Waals surface area contributed by atoms with Crippen molar-refractivity contribution in [3.8, 4) is 0 Å². The van der Waals surface area contributed by atoms with Crippen LogP contribution in [0.2, 0.25) is 0 Å². The zero-order valence-electron chi connectivity index (χ0n) is 11.3. The number of hydrogen-bond acceptors (Lipinski definition) is 1. The molecule has 1 aromatic rings. The molecule has 0 saturated heterocycles. The van der Waals surface area contributed by atoms with E-state index in [1.807, 2.05) is 6.08 Å². The highest BCUT2D eigenvalue weighted by molar-refractivity contribution is 5.79. The van der Waals surface area contributed by atoms with Gasteiger partial charge in [-0.15, -0.1) is 6.58 Å². The average molecular weight is 245 g/mol. The second-order valence-corrected chi connectivity index (χ2v) is 4.27. The van der Waals surface area contributed by atoms with E-state index in [2.05, 4.69) is 59.5 Å². The van der Waals surface area contributed by atoms with Gasteiger partial charge in [-0.05, 0) is 17.9 Å². The SMILES string of the molecule is C=CCNC(=NC)NCCC(C)c1ccccc1. The molecule has 18 heavy (non-hydrogen) atoms. The van der Waals surface area contributed by atoms with Gasteiger partial charge in [-0.3, -0.25) is 4.99 Å². The highest BCUT2D eigenvalue weighted by Gasteiger charge is 2.04. The molecular formula is C15H23N3. The van der Waals surface area contributed by atoms with Gasteiger partial charge in [0.25, 0.3) is 0 Å². The Morgan fingerprint density at radius 1 is 1.33 bits per heavy atom. The quantitative estimate of drug-likeness (QED) is 0.459. The van der Waals surface area contributed by atoms with Gasteiger partial charge >= 0.3 is 0 Å². The summed E-state index contributed by atoms with van der Waals surface area (Å²) in [5.41, 5.74) is 1.38. The first-order valence-corrected chi connectivity index (χ1v) is 6.38. The van der Waals surface area contributed by atoms with Crippen LogP contribution < -0.4 is 10.6 Å². The largest absolute Gasteiger partial charge is 0.356 e. The number of rotatable bonds is 6. The van der Waals surface area contributed by atoms with E-state index in [1.165, 1.54) is 5.56 Å². The molecule has 1 atom stereocenters. The van der Waals surface area contributed by atoms with Crippen LogP contribution in [0.15, 0.2) is 48.0 Å². The van der Waals surface area contributed by atoms with Crippen LogP contribution in [-0.2, 0) is 0 Å². The molecule has 0 fully saturated rings. The zero-order valence-corrected chi connectivity index (χ0v) is 11.3. The van der Waals surface area contributed by atoms with Crippen molar-refractivity contribution in [2.24, 2.45) is 4.99 Å². The summed E-state index contributed by atoms with van der Waals surface area (Å²) < 4.78 is 0. The minimum atomic E-state index is 0.552. The predicted octanol–water partition coefficient (Wildman–Crippen LogP) is 2.53. The molecule has 1 unspecified atom stereocenters. The Balaban J connectivity index is 2.30. The van der Waals surface area contributed by atoms with Gasteiger partial charge in [-0.25, -0.2) is 0 Å². The van der Waals surface area contributed by atoms with E-state index in [1.54, 1.807) is 7.05 Å². The third kappa shape index (κ3) is 5.04. The second kappa shape index (κ2) is 8.34. The zero-order chi connectivity index (χ0) is 13.2. The molecule has 0 aliphatic carbocycles. The van der Waals surface area contributed by atoms with E-state index in [9.17, 15) is 0 Å². The molecule has 0 aliphatic rings. The summed E-state index contributed by atoms with van der Waals surface area (Å²) in [6.07, 6.45) is 2.90. The van der Waals surface area contributed by atoms with Crippen LogP contribution in [0.5, 0.6) is 0 Å². The van der Waals surface area contributed by atoms with E-state index >= 15 is 0 Å². The van der Waals surface area contributed by atoms with Gasteiger partial charge in [0.15, 0.2) is 5.96 Å². The van der Waals surface area contributed by atoms with Gasteiger partial charge in [0.2, 0.25) is 0 Å². The van der Waals surface area contributed by atoms with E-state index in [0.717, 1.165) is 25.5 Å². The first kappa shape index (κ1) is 14.3. The first-order chi connectivity index (χ1) is 8.77. The van der Waals surface area contributed by atoms with Gasteiger partial charge in [0.05, 0.1) is 0 Å². The Kier molecular flexibility index (Phi) is 6.62. The molecule has 0 amide bonds. The lowest BCUT2D eigenvalue weighted by Gasteiger charge is -2.14. The fraction of sp³-hybridized carbons (Fsp3) is 0.400. The molecule has 0 spiro atoms. The number of aliphatic imine (C=N–C) groups is 1. The molecule has 0 radical (unpaired) electrons. The van der Waals surface area contributed by atoms with Crippen LogP contribution in [0.1, 0.15) is 24.8 Å². The van der Waals surface area contributed by atoms with Crippen LogP contribution in [-0.4, -0.2) is 26.1 Å². The predicted molar refractivity (Wildman–Crippen MR) is 79.0 cm³/mol. The molecule has 1 rings (SSSR count). The lowest BCUT2D eigenvalue weighted by Crippen LogP contribution is -2.38. The van der Waals surface area contributed by atoms with Crippen molar-refractivity contribution in [3.05, 3.63) is 48.6 Å². The average Bonchev–Trinajstić information content (AvgIpc) is 2.43. The van der Waals surface area contributed by atoms with E-state index < -0.39 is 0 Å². The van der Waals surface area contributed by atoms with Crippen molar-refractivity contribution in [1.82, 2.24) is 10.6 Å². The molecule has 98 valence electrons. The summed E-state index contributed by atoms with van der Waals surface area (Å²) >= 11 is 0. The van der Waals surface area contributed by atoms with Gasteiger partial charge in [-0.1, -0.05) is 43.3 Å². The molecule has 0 aromatic heterocycles. The highest BCUT2D eigenvalue weighted by atomic mass is 15.2. The summed E-state index contributed by atoms with van der Waals surface area (Å²) in [7, 11) is 1.78. The maximum absolute atomic E-state index is 4.14. The molecular weight excluding hydrogens is 222 g/mol. The molecule has 3 heteroatoms. The minimum Gasteiger partial charge on any atom is -0.356 e. The Hall–Kier alpha value is -1.77. The van der Waals surface area contributed by atoms with Gasteiger partial charge in [-0.2, -0.15) is 0 Å². The van der Waals surface area contributed by atoms with Crippen LogP contribution in [0.3, 0.4) is 0 Å². The molecule has 2 N–H and O–H groups in total. The number of hydrogen-bond donors (Lipinski definition) is 2. The monoisotopic (exact) mass is 245 g/mol. The van der Waals surface area contributed by atoms with Crippen molar-refractivity contribution < 1.29 is 0 Å². The maximum Gasteiger partial charge on any atom is 0.191 e. The topological polar surface area (TPSA) is 36.4 Å². The van der Waals surface area contributed by atoms with Gasteiger partial charge in [0, 0.05) is 20.1 Å². The first-order valence-electron chi connectivity index (χ1n) is 6.38. The highest BCUT2D eigenvalue weighted by Crippen LogP contribution is 2.17. The molecule has 0 heterocycles. The number of nitrogens with zero attached hydrogens (tertiary/aromatic N) is 1.